The van der Waals surface area contributed by atoms with Gasteiger partial charge in [0.25, 0.3) is 5.91 Å². The summed E-state index contributed by atoms with van der Waals surface area (Å²) in [6.45, 7) is 1.75. The fourth-order valence-corrected chi connectivity index (χ4v) is 3.53. The molecule has 0 fully saturated rings. The van der Waals surface area contributed by atoms with Gasteiger partial charge in [0.05, 0.1) is 11.4 Å². The van der Waals surface area contributed by atoms with E-state index in [9.17, 15) is 13.6 Å². The average molecular weight is 396 g/mol. The molecule has 2 aromatic carbocycles. The van der Waals surface area contributed by atoms with Crippen LogP contribution in [0, 0.1) is 18.6 Å². The number of amides is 1. The Morgan fingerprint density at radius 3 is 2.50 bits per heavy atom. The maximum absolute atomic E-state index is 13.9. The molecule has 0 aliphatic heterocycles. The number of benzene rings is 2. The third-order valence-electron chi connectivity index (χ3n) is 4.01. The highest BCUT2D eigenvalue weighted by molar-refractivity contribution is 7.12. The Balaban J connectivity index is 1.67. The normalized spacial score (nSPS) is 10.8. The largest absolute Gasteiger partial charge is 0.306 e. The number of carbonyl (C=O) groups is 1. The molecule has 0 radical (unpaired) electrons. The van der Waals surface area contributed by atoms with Gasteiger partial charge in [-0.3, -0.25) is 4.79 Å². The number of rotatable bonds is 4. The van der Waals surface area contributed by atoms with Crippen LogP contribution in [0.15, 0.2) is 60.0 Å². The van der Waals surface area contributed by atoms with Crippen molar-refractivity contribution in [1.29, 1.82) is 0 Å². The number of aryl methyl sites for hydroxylation is 1. The maximum Gasteiger partial charge on any atom is 0.262 e. The van der Waals surface area contributed by atoms with Crippen molar-refractivity contribution in [2.75, 3.05) is 5.32 Å². The Kier molecular flexibility index (Phi) is 4.70. The standard InChI is InChI=1S/C20H14F2N4OS/c1-12-10-17(24-19(27)18-14(21)8-5-9-15(18)22)26(25-12)20-23-16(11-28-20)13-6-3-2-4-7-13/h2-11H,1H3,(H,24,27). The second-order valence-electron chi connectivity index (χ2n) is 6.01. The zero-order valence-electron chi connectivity index (χ0n) is 14.7. The van der Waals surface area contributed by atoms with E-state index in [1.54, 1.807) is 13.0 Å². The molecule has 2 heterocycles. The topological polar surface area (TPSA) is 59.8 Å². The zero-order valence-corrected chi connectivity index (χ0v) is 15.5. The van der Waals surface area contributed by atoms with Gasteiger partial charge in [-0.1, -0.05) is 36.4 Å². The summed E-state index contributed by atoms with van der Waals surface area (Å²) >= 11 is 1.34. The smallest absolute Gasteiger partial charge is 0.262 e. The van der Waals surface area contributed by atoms with Crippen molar-refractivity contribution in [3.05, 3.63) is 82.9 Å². The van der Waals surface area contributed by atoms with E-state index in [2.05, 4.69) is 15.4 Å². The van der Waals surface area contributed by atoms with E-state index in [-0.39, 0.29) is 5.82 Å². The molecule has 28 heavy (non-hydrogen) atoms. The van der Waals surface area contributed by atoms with Gasteiger partial charge < -0.3 is 5.32 Å². The summed E-state index contributed by atoms with van der Waals surface area (Å²) in [6.07, 6.45) is 0. The molecule has 0 atom stereocenters. The zero-order chi connectivity index (χ0) is 19.7. The number of nitrogens with zero attached hydrogens (tertiary/aromatic N) is 3. The second-order valence-corrected chi connectivity index (χ2v) is 6.85. The molecule has 0 aliphatic rings. The predicted octanol–water partition coefficient (Wildman–Crippen LogP) is 4.83. The number of carbonyl (C=O) groups excluding carboxylic acids is 1. The lowest BCUT2D eigenvalue weighted by atomic mass is 10.2. The molecular weight excluding hydrogens is 382 g/mol. The molecule has 0 unspecified atom stereocenters. The van der Waals surface area contributed by atoms with E-state index < -0.39 is 23.1 Å². The van der Waals surface area contributed by atoms with Crippen LogP contribution >= 0.6 is 11.3 Å². The van der Waals surface area contributed by atoms with E-state index >= 15 is 0 Å². The lowest BCUT2D eigenvalue weighted by Gasteiger charge is -2.08. The molecule has 4 aromatic rings. The Labute approximate surface area is 163 Å². The van der Waals surface area contributed by atoms with Crippen molar-refractivity contribution in [3.8, 4) is 16.4 Å². The molecular formula is C20H14F2N4OS. The van der Waals surface area contributed by atoms with E-state index in [1.807, 2.05) is 35.7 Å². The minimum Gasteiger partial charge on any atom is -0.306 e. The summed E-state index contributed by atoms with van der Waals surface area (Å²) in [5.74, 6) is -2.47. The van der Waals surface area contributed by atoms with Crippen LogP contribution in [-0.4, -0.2) is 20.7 Å². The number of aromatic nitrogens is 3. The number of anilines is 1. The van der Waals surface area contributed by atoms with Crippen molar-refractivity contribution < 1.29 is 13.6 Å². The van der Waals surface area contributed by atoms with Gasteiger partial charge in [-0.25, -0.2) is 13.8 Å². The number of thiazole rings is 1. The summed E-state index contributed by atoms with van der Waals surface area (Å²) < 4.78 is 29.2. The highest BCUT2D eigenvalue weighted by Gasteiger charge is 2.20. The molecule has 1 amide bonds. The van der Waals surface area contributed by atoms with Gasteiger partial charge >= 0.3 is 0 Å². The average Bonchev–Trinajstić information content (AvgIpc) is 3.29. The van der Waals surface area contributed by atoms with Crippen LogP contribution in [0.2, 0.25) is 0 Å². The fraction of sp³-hybridized carbons (Fsp3) is 0.0500. The van der Waals surface area contributed by atoms with Crippen LogP contribution in [0.5, 0.6) is 0 Å². The van der Waals surface area contributed by atoms with Gasteiger partial charge in [-0.05, 0) is 19.1 Å². The first-order valence-electron chi connectivity index (χ1n) is 8.36. The van der Waals surface area contributed by atoms with Crippen molar-refractivity contribution in [1.82, 2.24) is 14.8 Å². The van der Waals surface area contributed by atoms with Crippen LogP contribution in [-0.2, 0) is 0 Å². The quantitative estimate of drug-likeness (QED) is 0.537. The Morgan fingerprint density at radius 2 is 1.79 bits per heavy atom. The van der Waals surface area contributed by atoms with Crippen LogP contribution in [0.3, 0.4) is 0 Å². The molecule has 0 saturated heterocycles. The van der Waals surface area contributed by atoms with E-state index in [0.29, 0.717) is 10.8 Å². The summed E-state index contributed by atoms with van der Waals surface area (Å²) in [4.78, 5) is 17.0. The van der Waals surface area contributed by atoms with E-state index in [4.69, 9.17) is 0 Å². The van der Waals surface area contributed by atoms with Crippen molar-refractivity contribution >= 4 is 23.1 Å². The molecule has 2 aromatic heterocycles. The number of halogens is 2. The maximum atomic E-state index is 13.9. The molecule has 140 valence electrons. The van der Waals surface area contributed by atoms with Gasteiger partial charge in [0, 0.05) is 17.0 Å². The number of hydrogen-bond acceptors (Lipinski definition) is 4. The molecule has 0 bridgehead atoms. The minimum absolute atomic E-state index is 0.277. The molecule has 0 saturated carbocycles. The van der Waals surface area contributed by atoms with Gasteiger partial charge in [-0.2, -0.15) is 9.78 Å². The minimum atomic E-state index is -0.930. The Morgan fingerprint density at radius 1 is 1.07 bits per heavy atom. The monoisotopic (exact) mass is 396 g/mol. The summed E-state index contributed by atoms with van der Waals surface area (Å²) in [7, 11) is 0. The van der Waals surface area contributed by atoms with E-state index in [1.165, 1.54) is 22.1 Å². The summed E-state index contributed by atoms with van der Waals surface area (Å²) in [5, 5.41) is 9.27. The van der Waals surface area contributed by atoms with Gasteiger partial charge in [-0.15, -0.1) is 11.3 Å². The SMILES string of the molecule is Cc1cc(NC(=O)c2c(F)cccc2F)n(-c2nc(-c3ccccc3)cs2)n1. The first kappa shape index (κ1) is 18.0. The van der Waals surface area contributed by atoms with Gasteiger partial charge in [0.2, 0.25) is 5.13 Å². The van der Waals surface area contributed by atoms with Crippen LogP contribution in [0.1, 0.15) is 16.1 Å². The Hall–Kier alpha value is -3.39. The third kappa shape index (κ3) is 3.41. The Bertz CT molecular complexity index is 1130. The molecule has 0 aliphatic carbocycles. The van der Waals surface area contributed by atoms with Crippen LogP contribution in [0.4, 0.5) is 14.6 Å². The van der Waals surface area contributed by atoms with Crippen molar-refractivity contribution in [3.63, 3.8) is 0 Å². The lowest BCUT2D eigenvalue weighted by molar-refractivity contribution is 0.101. The predicted molar refractivity (Wildman–Crippen MR) is 104 cm³/mol. The highest BCUT2D eigenvalue weighted by atomic mass is 32.1. The summed E-state index contributed by atoms with van der Waals surface area (Å²) in [5.41, 5.74) is 1.71. The number of hydrogen-bond donors (Lipinski definition) is 1. The fourth-order valence-electron chi connectivity index (χ4n) is 2.73. The molecule has 8 heteroatoms. The lowest BCUT2D eigenvalue weighted by Crippen LogP contribution is -2.18. The van der Waals surface area contributed by atoms with Crippen molar-refractivity contribution in [2.24, 2.45) is 0 Å². The molecule has 0 spiro atoms. The van der Waals surface area contributed by atoms with Crippen molar-refractivity contribution in [2.45, 2.75) is 6.92 Å². The van der Waals surface area contributed by atoms with E-state index in [0.717, 1.165) is 23.4 Å². The highest BCUT2D eigenvalue weighted by Crippen LogP contribution is 2.26. The van der Waals surface area contributed by atoms with Crippen LogP contribution < -0.4 is 5.32 Å². The summed E-state index contributed by atoms with van der Waals surface area (Å²) in [6, 6.07) is 14.5. The third-order valence-corrected chi connectivity index (χ3v) is 4.82. The van der Waals surface area contributed by atoms with Gasteiger partial charge in [0.15, 0.2) is 0 Å². The van der Waals surface area contributed by atoms with Crippen LogP contribution in [0.25, 0.3) is 16.4 Å². The number of nitrogens with one attached hydrogen (secondary N) is 1. The first-order chi connectivity index (χ1) is 13.5. The molecule has 5 nitrogen and oxygen atoms in total. The van der Waals surface area contributed by atoms with Gasteiger partial charge in [0.1, 0.15) is 23.0 Å². The molecule has 1 N–H and O–H groups in total. The first-order valence-corrected chi connectivity index (χ1v) is 9.24. The molecule has 4 rings (SSSR count). The second kappa shape index (κ2) is 7.32.